The predicted octanol–water partition coefficient (Wildman–Crippen LogP) is 2.73. The molecule has 20 heavy (non-hydrogen) atoms. The molecule has 0 radical (unpaired) electrons. The summed E-state index contributed by atoms with van der Waals surface area (Å²) < 4.78 is 0. The van der Waals surface area contributed by atoms with E-state index in [1.807, 2.05) is 6.07 Å². The Hall–Kier alpha value is -1.66. The number of anilines is 2. The topological polar surface area (TPSA) is 67.1 Å². The highest BCUT2D eigenvalue weighted by Gasteiger charge is 2.27. The molecule has 1 aliphatic carbocycles. The van der Waals surface area contributed by atoms with Crippen molar-refractivity contribution in [3.63, 3.8) is 0 Å². The fourth-order valence-corrected chi connectivity index (χ4v) is 2.88. The Morgan fingerprint density at radius 3 is 2.90 bits per heavy atom. The Kier molecular flexibility index (Phi) is 3.84. The minimum Gasteiger partial charge on any atom is -0.352 e. The minimum atomic E-state index is 0.516. The van der Waals surface area contributed by atoms with Gasteiger partial charge in [-0.05, 0) is 31.2 Å². The van der Waals surface area contributed by atoms with E-state index in [0.717, 1.165) is 24.7 Å². The molecule has 2 aromatic rings. The predicted molar refractivity (Wildman–Crippen MR) is 82.9 cm³/mol. The van der Waals surface area contributed by atoms with E-state index in [4.69, 9.17) is 10.8 Å². The Bertz CT molecular complexity index is 565. The number of rotatable bonds is 6. The average Bonchev–Trinajstić information content (AvgIpc) is 3.22. The van der Waals surface area contributed by atoms with E-state index in [1.54, 1.807) is 11.3 Å². The second-order valence-corrected chi connectivity index (χ2v) is 6.01. The molecule has 1 aliphatic rings. The molecule has 2 aromatic heterocycles. The lowest BCUT2D eigenvalue weighted by Gasteiger charge is -2.22. The monoisotopic (exact) mass is 289 g/mol. The standard InChI is InChI=1S/C14H19N5S/c1-2-19(9-11-4-3-7-20-11)13-8-12(18-15)16-14(17-13)10-5-6-10/h3-4,7-8,10H,2,5-6,9,15H2,1H3,(H,16,17,18). The van der Waals surface area contributed by atoms with Gasteiger partial charge in [-0.15, -0.1) is 11.3 Å². The van der Waals surface area contributed by atoms with Gasteiger partial charge in [0.2, 0.25) is 0 Å². The molecule has 0 spiro atoms. The summed E-state index contributed by atoms with van der Waals surface area (Å²) in [6.07, 6.45) is 2.37. The zero-order valence-corrected chi connectivity index (χ0v) is 12.4. The van der Waals surface area contributed by atoms with Gasteiger partial charge in [0.25, 0.3) is 0 Å². The molecule has 0 aliphatic heterocycles. The first-order chi connectivity index (χ1) is 9.80. The van der Waals surface area contributed by atoms with Crippen LogP contribution in [0.2, 0.25) is 0 Å². The summed E-state index contributed by atoms with van der Waals surface area (Å²) in [4.78, 5) is 12.8. The second-order valence-electron chi connectivity index (χ2n) is 4.98. The highest BCUT2D eigenvalue weighted by Crippen LogP contribution is 2.39. The van der Waals surface area contributed by atoms with E-state index in [0.29, 0.717) is 11.7 Å². The summed E-state index contributed by atoms with van der Waals surface area (Å²) in [6.45, 7) is 3.92. The quantitative estimate of drug-likeness (QED) is 0.632. The number of hydrazine groups is 1. The van der Waals surface area contributed by atoms with E-state index < -0.39 is 0 Å². The van der Waals surface area contributed by atoms with Crippen molar-refractivity contribution in [1.29, 1.82) is 0 Å². The fraction of sp³-hybridized carbons (Fsp3) is 0.429. The Balaban J connectivity index is 1.87. The lowest BCUT2D eigenvalue weighted by Crippen LogP contribution is -2.24. The molecule has 1 saturated carbocycles. The summed E-state index contributed by atoms with van der Waals surface area (Å²) in [5.41, 5.74) is 2.65. The first kappa shape index (κ1) is 13.3. The zero-order chi connectivity index (χ0) is 13.9. The van der Waals surface area contributed by atoms with Gasteiger partial charge in [0.1, 0.15) is 17.5 Å². The first-order valence-corrected chi connectivity index (χ1v) is 7.81. The van der Waals surface area contributed by atoms with Crippen molar-refractivity contribution in [2.75, 3.05) is 16.9 Å². The average molecular weight is 289 g/mol. The van der Waals surface area contributed by atoms with Gasteiger partial charge in [-0.3, -0.25) is 0 Å². The third-order valence-electron chi connectivity index (χ3n) is 3.45. The van der Waals surface area contributed by atoms with E-state index in [1.165, 1.54) is 17.7 Å². The highest BCUT2D eigenvalue weighted by molar-refractivity contribution is 7.09. The van der Waals surface area contributed by atoms with Gasteiger partial charge in [-0.1, -0.05) is 6.07 Å². The van der Waals surface area contributed by atoms with Crippen LogP contribution in [-0.2, 0) is 6.54 Å². The molecule has 1 fully saturated rings. The van der Waals surface area contributed by atoms with E-state index in [-0.39, 0.29) is 0 Å². The maximum Gasteiger partial charge on any atom is 0.145 e. The molecular formula is C14H19N5S. The number of hydrogen-bond acceptors (Lipinski definition) is 6. The van der Waals surface area contributed by atoms with Gasteiger partial charge in [0.05, 0.1) is 6.54 Å². The van der Waals surface area contributed by atoms with Gasteiger partial charge >= 0.3 is 0 Å². The van der Waals surface area contributed by atoms with Crippen LogP contribution in [0.3, 0.4) is 0 Å². The van der Waals surface area contributed by atoms with Crippen molar-refractivity contribution in [3.05, 3.63) is 34.3 Å². The lowest BCUT2D eigenvalue weighted by molar-refractivity contribution is 0.802. The third kappa shape index (κ3) is 2.91. The molecule has 0 bridgehead atoms. The van der Waals surface area contributed by atoms with Crippen LogP contribution < -0.4 is 16.2 Å². The Morgan fingerprint density at radius 2 is 2.30 bits per heavy atom. The highest BCUT2D eigenvalue weighted by atomic mass is 32.1. The van der Waals surface area contributed by atoms with E-state index in [9.17, 15) is 0 Å². The van der Waals surface area contributed by atoms with Gasteiger partial charge in [-0.25, -0.2) is 15.8 Å². The molecule has 106 valence electrons. The molecule has 0 saturated heterocycles. The maximum atomic E-state index is 5.53. The molecule has 3 N–H and O–H groups in total. The number of hydrogen-bond donors (Lipinski definition) is 2. The van der Waals surface area contributed by atoms with Crippen molar-refractivity contribution in [3.8, 4) is 0 Å². The van der Waals surface area contributed by atoms with Crippen LogP contribution in [0.1, 0.15) is 36.4 Å². The molecule has 6 heteroatoms. The number of nitrogens with two attached hydrogens (primary N) is 1. The number of thiophene rings is 1. The van der Waals surface area contributed by atoms with Crippen LogP contribution in [0.4, 0.5) is 11.6 Å². The van der Waals surface area contributed by atoms with Gasteiger partial charge in [0.15, 0.2) is 0 Å². The largest absolute Gasteiger partial charge is 0.352 e. The molecule has 0 aromatic carbocycles. The number of nitrogens with zero attached hydrogens (tertiary/aromatic N) is 3. The Labute approximate surface area is 122 Å². The SMILES string of the molecule is CCN(Cc1cccs1)c1cc(NN)nc(C2CC2)n1. The fourth-order valence-electron chi connectivity index (χ4n) is 2.16. The molecular weight excluding hydrogens is 270 g/mol. The van der Waals surface area contributed by atoms with Gasteiger partial charge in [0, 0.05) is 23.4 Å². The summed E-state index contributed by atoms with van der Waals surface area (Å²) in [5, 5.41) is 2.10. The Morgan fingerprint density at radius 1 is 1.45 bits per heavy atom. The summed E-state index contributed by atoms with van der Waals surface area (Å²) in [7, 11) is 0. The van der Waals surface area contributed by atoms with Crippen LogP contribution in [0.25, 0.3) is 0 Å². The second kappa shape index (κ2) is 5.76. The zero-order valence-electron chi connectivity index (χ0n) is 11.5. The van der Waals surface area contributed by atoms with Crippen molar-refractivity contribution >= 4 is 23.0 Å². The van der Waals surface area contributed by atoms with Crippen LogP contribution >= 0.6 is 11.3 Å². The number of aromatic nitrogens is 2. The molecule has 0 amide bonds. The molecule has 0 unspecified atom stereocenters. The molecule has 2 heterocycles. The first-order valence-electron chi connectivity index (χ1n) is 6.93. The molecule has 3 rings (SSSR count). The summed E-state index contributed by atoms with van der Waals surface area (Å²) in [6, 6.07) is 6.15. The third-order valence-corrected chi connectivity index (χ3v) is 4.31. The number of nitrogens with one attached hydrogen (secondary N) is 1. The van der Waals surface area contributed by atoms with Gasteiger partial charge in [-0.2, -0.15) is 0 Å². The minimum absolute atomic E-state index is 0.516. The van der Waals surface area contributed by atoms with Gasteiger partial charge < -0.3 is 10.3 Å². The van der Waals surface area contributed by atoms with Crippen LogP contribution in [0, 0.1) is 0 Å². The van der Waals surface area contributed by atoms with Crippen LogP contribution in [-0.4, -0.2) is 16.5 Å². The van der Waals surface area contributed by atoms with Crippen molar-refractivity contribution in [2.24, 2.45) is 5.84 Å². The van der Waals surface area contributed by atoms with Crippen molar-refractivity contribution in [1.82, 2.24) is 9.97 Å². The summed E-state index contributed by atoms with van der Waals surface area (Å²) in [5.74, 6) is 8.61. The summed E-state index contributed by atoms with van der Waals surface area (Å²) >= 11 is 1.77. The smallest absolute Gasteiger partial charge is 0.145 e. The van der Waals surface area contributed by atoms with Crippen LogP contribution in [0.5, 0.6) is 0 Å². The lowest BCUT2D eigenvalue weighted by atomic mass is 10.3. The van der Waals surface area contributed by atoms with Crippen LogP contribution in [0.15, 0.2) is 23.6 Å². The normalized spacial score (nSPS) is 14.3. The van der Waals surface area contributed by atoms with Crippen molar-refractivity contribution in [2.45, 2.75) is 32.2 Å². The molecule has 5 nitrogen and oxygen atoms in total. The maximum absolute atomic E-state index is 5.53. The van der Waals surface area contributed by atoms with E-state index >= 15 is 0 Å². The molecule has 0 atom stereocenters. The van der Waals surface area contributed by atoms with Crippen molar-refractivity contribution < 1.29 is 0 Å². The van der Waals surface area contributed by atoms with E-state index in [2.05, 4.69) is 39.7 Å². The number of nitrogen functional groups attached to an aromatic ring is 1.